The van der Waals surface area contributed by atoms with Crippen molar-refractivity contribution in [2.24, 2.45) is 0 Å². The molecule has 2 amide bonds. The highest BCUT2D eigenvalue weighted by Gasteiger charge is 2.34. The Balaban J connectivity index is 1.35. The molecule has 3 atom stereocenters. The third-order valence-electron chi connectivity index (χ3n) is 7.63. The number of fused-ring (bicyclic) bond motifs is 1. The SMILES string of the molecule is CCNC(=O)Nc1cccc([C@@H]2O[C@H](CN3CCc4cc(OC)c(OC)cc4C3)C[C@H](c3ccc(CO)cc3)O2)c1. The molecule has 3 N–H and O–H groups in total. The lowest BCUT2D eigenvalue weighted by molar-refractivity contribution is -0.253. The zero-order valence-electron chi connectivity index (χ0n) is 23.9. The molecule has 0 saturated carbocycles. The highest BCUT2D eigenvalue weighted by atomic mass is 16.7. The van der Waals surface area contributed by atoms with E-state index >= 15 is 0 Å². The molecule has 0 bridgehead atoms. The summed E-state index contributed by atoms with van der Waals surface area (Å²) in [4.78, 5) is 14.5. The first-order chi connectivity index (χ1) is 20.0. The molecule has 2 aliphatic rings. The van der Waals surface area contributed by atoms with Gasteiger partial charge in [0.25, 0.3) is 0 Å². The Labute approximate surface area is 241 Å². The maximum absolute atomic E-state index is 12.1. The average Bonchev–Trinajstić information content (AvgIpc) is 3.00. The maximum Gasteiger partial charge on any atom is 0.319 e. The van der Waals surface area contributed by atoms with E-state index in [1.54, 1.807) is 14.2 Å². The molecule has 0 aromatic heterocycles. The molecule has 0 spiro atoms. The van der Waals surface area contributed by atoms with Gasteiger partial charge < -0.3 is 34.7 Å². The lowest BCUT2D eigenvalue weighted by Gasteiger charge is -2.39. The molecular weight excluding hydrogens is 522 g/mol. The normalized spacial score (nSPS) is 20.6. The Morgan fingerprint density at radius 3 is 2.46 bits per heavy atom. The third-order valence-corrected chi connectivity index (χ3v) is 7.63. The van der Waals surface area contributed by atoms with E-state index in [0.717, 1.165) is 54.2 Å². The maximum atomic E-state index is 12.1. The van der Waals surface area contributed by atoms with Crippen molar-refractivity contribution in [1.82, 2.24) is 10.2 Å². The monoisotopic (exact) mass is 561 g/mol. The van der Waals surface area contributed by atoms with Crippen molar-refractivity contribution >= 4 is 11.7 Å². The van der Waals surface area contributed by atoms with E-state index in [2.05, 4.69) is 27.7 Å². The standard InChI is InChI=1S/C32H39N3O6/c1-4-33-32(37)34-26-7-5-6-24(14-26)31-40-27(17-28(41-31)22-10-8-21(20-36)9-11-22)19-35-13-12-23-15-29(38-2)30(39-3)16-25(23)18-35/h5-11,14-16,27-28,31,36H,4,12-13,17-20H2,1-3H3,(H2,33,34,37)/t27-,28+,31+/m0/s1. The minimum absolute atomic E-state index is 0.00133. The number of amides is 2. The molecule has 2 heterocycles. The quantitative estimate of drug-likeness (QED) is 0.340. The van der Waals surface area contributed by atoms with E-state index in [1.165, 1.54) is 11.1 Å². The van der Waals surface area contributed by atoms with Crippen LogP contribution in [-0.2, 0) is 29.0 Å². The second-order valence-electron chi connectivity index (χ2n) is 10.4. The van der Waals surface area contributed by atoms with Gasteiger partial charge in [0, 0.05) is 43.9 Å². The average molecular weight is 562 g/mol. The molecule has 5 rings (SSSR count). The van der Waals surface area contributed by atoms with Gasteiger partial charge in [-0.1, -0.05) is 36.4 Å². The van der Waals surface area contributed by atoms with Crippen LogP contribution in [0.25, 0.3) is 0 Å². The van der Waals surface area contributed by atoms with Crippen molar-refractivity contribution in [2.75, 3.05) is 39.2 Å². The van der Waals surface area contributed by atoms with E-state index in [9.17, 15) is 9.90 Å². The molecule has 3 aromatic rings. The van der Waals surface area contributed by atoms with Gasteiger partial charge in [0.05, 0.1) is 33.0 Å². The minimum Gasteiger partial charge on any atom is -0.493 e. The Hall–Kier alpha value is -3.63. The fourth-order valence-corrected chi connectivity index (χ4v) is 5.52. The van der Waals surface area contributed by atoms with Gasteiger partial charge in [0.2, 0.25) is 0 Å². The van der Waals surface area contributed by atoms with E-state index in [1.807, 2.05) is 55.5 Å². The van der Waals surface area contributed by atoms with E-state index < -0.39 is 6.29 Å². The van der Waals surface area contributed by atoms with Crippen molar-refractivity contribution in [3.63, 3.8) is 0 Å². The molecule has 1 saturated heterocycles. The predicted octanol–water partition coefficient (Wildman–Crippen LogP) is 4.94. The van der Waals surface area contributed by atoms with Gasteiger partial charge in [0.1, 0.15) is 0 Å². The summed E-state index contributed by atoms with van der Waals surface area (Å²) < 4.78 is 24.1. The van der Waals surface area contributed by atoms with Crippen LogP contribution in [-0.4, -0.2) is 56.0 Å². The molecule has 41 heavy (non-hydrogen) atoms. The highest BCUT2D eigenvalue weighted by molar-refractivity contribution is 5.89. The zero-order chi connectivity index (χ0) is 28.8. The number of nitrogens with zero attached hydrogens (tertiary/aromatic N) is 1. The molecule has 9 nitrogen and oxygen atoms in total. The number of carbonyl (C=O) groups excluding carboxylic acids is 1. The number of benzene rings is 3. The molecule has 0 aliphatic carbocycles. The van der Waals surface area contributed by atoms with Crippen LogP contribution >= 0.6 is 0 Å². The fraction of sp³-hybridized carbons (Fsp3) is 0.406. The van der Waals surface area contributed by atoms with Crippen molar-refractivity contribution in [1.29, 1.82) is 0 Å². The van der Waals surface area contributed by atoms with Crippen molar-refractivity contribution in [2.45, 2.75) is 51.4 Å². The van der Waals surface area contributed by atoms with Crippen LogP contribution in [0.5, 0.6) is 11.5 Å². The van der Waals surface area contributed by atoms with Crippen LogP contribution < -0.4 is 20.1 Å². The number of rotatable bonds is 9. The summed E-state index contributed by atoms with van der Waals surface area (Å²) in [5, 5.41) is 15.1. The van der Waals surface area contributed by atoms with Crippen LogP contribution in [0.3, 0.4) is 0 Å². The van der Waals surface area contributed by atoms with Gasteiger partial charge >= 0.3 is 6.03 Å². The first-order valence-electron chi connectivity index (χ1n) is 14.1. The van der Waals surface area contributed by atoms with Gasteiger partial charge in [-0.05, 0) is 59.9 Å². The fourth-order valence-electron chi connectivity index (χ4n) is 5.52. The zero-order valence-corrected chi connectivity index (χ0v) is 23.9. The van der Waals surface area contributed by atoms with Gasteiger partial charge in [-0.3, -0.25) is 4.90 Å². The van der Waals surface area contributed by atoms with Crippen LogP contribution in [0.1, 0.15) is 53.6 Å². The number of aliphatic hydroxyl groups excluding tert-OH is 1. The number of carbonyl (C=O) groups is 1. The summed E-state index contributed by atoms with van der Waals surface area (Å²) in [5.74, 6) is 1.50. The Morgan fingerprint density at radius 1 is 1.00 bits per heavy atom. The van der Waals surface area contributed by atoms with E-state index in [-0.39, 0.29) is 24.8 Å². The number of anilines is 1. The van der Waals surface area contributed by atoms with E-state index in [0.29, 0.717) is 18.7 Å². The van der Waals surface area contributed by atoms with Gasteiger partial charge in [-0.15, -0.1) is 0 Å². The topological polar surface area (TPSA) is 102 Å². The number of urea groups is 1. The lowest BCUT2D eigenvalue weighted by atomic mass is 9.97. The lowest BCUT2D eigenvalue weighted by Crippen LogP contribution is -2.41. The predicted molar refractivity (Wildman–Crippen MR) is 156 cm³/mol. The van der Waals surface area contributed by atoms with E-state index in [4.69, 9.17) is 18.9 Å². The number of methoxy groups -OCH3 is 2. The summed E-state index contributed by atoms with van der Waals surface area (Å²) in [6.45, 7) is 4.87. The second kappa shape index (κ2) is 13.4. The Bertz CT molecular complexity index is 1330. The van der Waals surface area contributed by atoms with Crippen molar-refractivity contribution < 1.29 is 28.8 Å². The van der Waals surface area contributed by atoms with Crippen LogP contribution in [0.2, 0.25) is 0 Å². The summed E-state index contributed by atoms with van der Waals surface area (Å²) in [6, 6.07) is 19.4. The number of hydrogen-bond donors (Lipinski definition) is 3. The Kier molecular flexibility index (Phi) is 9.41. The van der Waals surface area contributed by atoms with Crippen molar-refractivity contribution in [3.8, 4) is 11.5 Å². The first kappa shape index (κ1) is 28.9. The van der Waals surface area contributed by atoms with Crippen LogP contribution in [0.4, 0.5) is 10.5 Å². The van der Waals surface area contributed by atoms with Crippen molar-refractivity contribution in [3.05, 3.63) is 88.5 Å². The molecule has 3 aromatic carbocycles. The van der Waals surface area contributed by atoms with Gasteiger partial charge in [-0.25, -0.2) is 4.79 Å². The molecule has 218 valence electrons. The molecular formula is C32H39N3O6. The van der Waals surface area contributed by atoms with Gasteiger partial charge in [0.15, 0.2) is 17.8 Å². The largest absolute Gasteiger partial charge is 0.493 e. The summed E-state index contributed by atoms with van der Waals surface area (Å²) >= 11 is 0. The molecule has 1 fully saturated rings. The van der Waals surface area contributed by atoms with Crippen LogP contribution in [0.15, 0.2) is 60.7 Å². The smallest absolute Gasteiger partial charge is 0.319 e. The summed E-state index contributed by atoms with van der Waals surface area (Å²) in [6.07, 6.45) is 0.739. The summed E-state index contributed by atoms with van der Waals surface area (Å²) in [7, 11) is 3.33. The number of ether oxygens (including phenoxy) is 4. The molecule has 2 aliphatic heterocycles. The first-order valence-corrected chi connectivity index (χ1v) is 14.1. The van der Waals surface area contributed by atoms with Crippen LogP contribution in [0, 0.1) is 0 Å². The third kappa shape index (κ3) is 7.00. The molecule has 0 radical (unpaired) electrons. The summed E-state index contributed by atoms with van der Waals surface area (Å²) in [5.41, 5.74) is 5.92. The highest BCUT2D eigenvalue weighted by Crippen LogP contribution is 2.39. The number of aliphatic hydroxyl groups is 1. The number of nitrogens with one attached hydrogen (secondary N) is 2. The molecule has 9 heteroatoms. The Morgan fingerprint density at radius 2 is 1.76 bits per heavy atom. The van der Waals surface area contributed by atoms with Gasteiger partial charge in [-0.2, -0.15) is 0 Å². The second-order valence-corrected chi connectivity index (χ2v) is 10.4. The molecule has 0 unspecified atom stereocenters. The number of hydrogen-bond acceptors (Lipinski definition) is 7. The minimum atomic E-state index is -0.603.